The van der Waals surface area contributed by atoms with Crippen LogP contribution in [0.25, 0.3) is 0 Å². The quantitative estimate of drug-likeness (QED) is 0.865. The molecule has 0 bridgehead atoms. The first-order valence-corrected chi connectivity index (χ1v) is 6.51. The van der Waals surface area contributed by atoms with Crippen LogP contribution in [0.5, 0.6) is 0 Å². The van der Waals surface area contributed by atoms with Gasteiger partial charge in [-0.1, -0.05) is 12.1 Å². The van der Waals surface area contributed by atoms with E-state index < -0.39 is 12.0 Å². The van der Waals surface area contributed by atoms with Crippen LogP contribution < -0.4 is 5.73 Å². The van der Waals surface area contributed by atoms with Crippen molar-refractivity contribution < 1.29 is 14.3 Å². The molecule has 1 heterocycles. The molecular weight excluding hydrogens is 247 g/mol. The van der Waals surface area contributed by atoms with Gasteiger partial charge >= 0.3 is 5.97 Å². The number of rotatable bonds is 4. The summed E-state index contributed by atoms with van der Waals surface area (Å²) in [4.78, 5) is 13.1. The van der Waals surface area contributed by atoms with Crippen LogP contribution in [-0.4, -0.2) is 35.1 Å². The minimum atomic E-state index is -0.919. The second-order valence-electron chi connectivity index (χ2n) is 5.10. The SMILES string of the molecule is NC(C(=O)O)C1CCN(Cc2ccc(F)cc2)CC1. The van der Waals surface area contributed by atoms with Crippen LogP contribution in [0.4, 0.5) is 4.39 Å². The number of piperidine rings is 1. The predicted molar refractivity (Wildman–Crippen MR) is 70.0 cm³/mol. The first kappa shape index (κ1) is 14.0. The highest BCUT2D eigenvalue weighted by molar-refractivity contribution is 5.73. The van der Waals surface area contributed by atoms with E-state index in [0.29, 0.717) is 0 Å². The van der Waals surface area contributed by atoms with Gasteiger partial charge < -0.3 is 10.8 Å². The molecule has 0 aromatic heterocycles. The number of hydrogen-bond acceptors (Lipinski definition) is 3. The van der Waals surface area contributed by atoms with Gasteiger partial charge in [0.2, 0.25) is 0 Å². The second kappa shape index (κ2) is 6.12. The van der Waals surface area contributed by atoms with E-state index in [1.54, 1.807) is 12.1 Å². The van der Waals surface area contributed by atoms with Crippen molar-refractivity contribution in [3.63, 3.8) is 0 Å². The Labute approximate surface area is 112 Å². The topological polar surface area (TPSA) is 66.6 Å². The third-order valence-corrected chi connectivity index (χ3v) is 3.74. The Balaban J connectivity index is 1.83. The molecular formula is C14H19FN2O2. The molecule has 1 aliphatic rings. The molecule has 1 saturated heterocycles. The second-order valence-corrected chi connectivity index (χ2v) is 5.10. The zero-order valence-electron chi connectivity index (χ0n) is 10.8. The minimum Gasteiger partial charge on any atom is -0.480 e. The van der Waals surface area contributed by atoms with Gasteiger partial charge in [-0.2, -0.15) is 0 Å². The molecule has 2 rings (SSSR count). The summed E-state index contributed by atoms with van der Waals surface area (Å²) in [7, 11) is 0. The van der Waals surface area contributed by atoms with E-state index in [1.165, 1.54) is 12.1 Å². The fourth-order valence-electron chi connectivity index (χ4n) is 2.52. The van der Waals surface area contributed by atoms with Crippen LogP contribution >= 0.6 is 0 Å². The van der Waals surface area contributed by atoms with E-state index >= 15 is 0 Å². The number of carboxylic acids is 1. The van der Waals surface area contributed by atoms with Crippen molar-refractivity contribution in [3.8, 4) is 0 Å². The van der Waals surface area contributed by atoms with Crippen LogP contribution in [-0.2, 0) is 11.3 Å². The number of nitrogens with two attached hydrogens (primary N) is 1. The fourth-order valence-corrected chi connectivity index (χ4v) is 2.52. The average Bonchev–Trinajstić information content (AvgIpc) is 2.41. The van der Waals surface area contributed by atoms with Gasteiger partial charge in [0.25, 0.3) is 0 Å². The number of benzene rings is 1. The molecule has 0 saturated carbocycles. The van der Waals surface area contributed by atoms with Crippen LogP contribution in [0, 0.1) is 11.7 Å². The Morgan fingerprint density at radius 1 is 1.37 bits per heavy atom. The standard InChI is InChI=1S/C14H19FN2O2/c15-12-3-1-10(2-4-12)9-17-7-5-11(6-8-17)13(16)14(18)19/h1-4,11,13H,5-9,16H2,(H,18,19). The zero-order valence-corrected chi connectivity index (χ0v) is 10.8. The van der Waals surface area contributed by atoms with Gasteiger partial charge in [-0.15, -0.1) is 0 Å². The number of likely N-dealkylation sites (tertiary alicyclic amines) is 1. The lowest BCUT2D eigenvalue weighted by Gasteiger charge is -2.33. The van der Waals surface area contributed by atoms with Gasteiger partial charge in [-0.05, 0) is 49.5 Å². The van der Waals surface area contributed by atoms with Crippen molar-refractivity contribution in [2.24, 2.45) is 11.7 Å². The van der Waals surface area contributed by atoms with Crippen molar-refractivity contribution in [3.05, 3.63) is 35.6 Å². The highest BCUT2D eigenvalue weighted by Gasteiger charge is 2.28. The number of hydrogen-bond donors (Lipinski definition) is 2. The number of aliphatic carboxylic acids is 1. The average molecular weight is 266 g/mol. The lowest BCUT2D eigenvalue weighted by atomic mass is 9.90. The van der Waals surface area contributed by atoms with E-state index in [4.69, 9.17) is 10.8 Å². The molecule has 1 aliphatic heterocycles. The van der Waals surface area contributed by atoms with Crippen LogP contribution in [0.1, 0.15) is 18.4 Å². The number of carboxylic acid groups (broad SMARTS) is 1. The Morgan fingerprint density at radius 3 is 2.47 bits per heavy atom. The van der Waals surface area contributed by atoms with E-state index in [9.17, 15) is 9.18 Å². The largest absolute Gasteiger partial charge is 0.480 e. The maximum Gasteiger partial charge on any atom is 0.320 e. The van der Waals surface area contributed by atoms with Gasteiger partial charge in [0.1, 0.15) is 11.9 Å². The smallest absolute Gasteiger partial charge is 0.320 e. The van der Waals surface area contributed by atoms with E-state index in [0.717, 1.165) is 38.0 Å². The molecule has 1 aromatic rings. The maximum atomic E-state index is 12.8. The number of nitrogens with zero attached hydrogens (tertiary/aromatic N) is 1. The molecule has 1 atom stereocenters. The summed E-state index contributed by atoms with van der Waals surface area (Å²) in [5.74, 6) is -1.09. The zero-order chi connectivity index (χ0) is 13.8. The molecule has 5 heteroatoms. The Bertz CT molecular complexity index is 428. The normalized spacial score (nSPS) is 19.3. The lowest BCUT2D eigenvalue weighted by Crippen LogP contribution is -2.44. The summed E-state index contributed by atoms with van der Waals surface area (Å²) in [6.07, 6.45) is 1.60. The van der Waals surface area contributed by atoms with Gasteiger partial charge in [-0.3, -0.25) is 9.69 Å². The summed E-state index contributed by atoms with van der Waals surface area (Å²) in [5, 5.41) is 8.89. The highest BCUT2D eigenvalue weighted by atomic mass is 19.1. The van der Waals surface area contributed by atoms with Crippen LogP contribution in [0.15, 0.2) is 24.3 Å². The van der Waals surface area contributed by atoms with Crippen molar-refractivity contribution >= 4 is 5.97 Å². The highest BCUT2D eigenvalue weighted by Crippen LogP contribution is 2.21. The van der Waals surface area contributed by atoms with Gasteiger partial charge in [0.05, 0.1) is 0 Å². The van der Waals surface area contributed by atoms with Gasteiger partial charge in [0, 0.05) is 6.54 Å². The van der Waals surface area contributed by atoms with Crippen LogP contribution in [0.2, 0.25) is 0 Å². The molecule has 104 valence electrons. The van der Waals surface area contributed by atoms with Crippen molar-refractivity contribution in [1.82, 2.24) is 4.90 Å². The minimum absolute atomic E-state index is 0.0574. The molecule has 4 nitrogen and oxygen atoms in total. The lowest BCUT2D eigenvalue weighted by molar-refractivity contribution is -0.140. The van der Waals surface area contributed by atoms with E-state index in [2.05, 4.69) is 4.90 Å². The Kier molecular flexibility index (Phi) is 4.50. The number of carbonyl (C=O) groups is 1. The first-order valence-electron chi connectivity index (χ1n) is 6.51. The molecule has 0 aliphatic carbocycles. The van der Waals surface area contributed by atoms with Crippen LogP contribution in [0.3, 0.4) is 0 Å². The number of halogens is 1. The Hall–Kier alpha value is -1.46. The van der Waals surface area contributed by atoms with E-state index in [-0.39, 0.29) is 11.7 Å². The first-order chi connectivity index (χ1) is 9.06. The molecule has 3 N–H and O–H groups in total. The molecule has 0 radical (unpaired) electrons. The van der Waals surface area contributed by atoms with E-state index in [1.807, 2.05) is 0 Å². The summed E-state index contributed by atoms with van der Waals surface area (Å²) >= 11 is 0. The molecule has 0 amide bonds. The molecule has 1 unspecified atom stereocenters. The van der Waals surface area contributed by atoms with Gasteiger partial charge in [0.15, 0.2) is 0 Å². The summed E-state index contributed by atoms with van der Waals surface area (Å²) in [6, 6.07) is 5.73. The summed E-state index contributed by atoms with van der Waals surface area (Å²) < 4.78 is 12.8. The summed E-state index contributed by atoms with van der Waals surface area (Å²) in [5.41, 5.74) is 6.72. The van der Waals surface area contributed by atoms with Crippen molar-refractivity contribution in [2.75, 3.05) is 13.1 Å². The maximum absolute atomic E-state index is 12.8. The molecule has 19 heavy (non-hydrogen) atoms. The molecule has 1 fully saturated rings. The summed E-state index contributed by atoms with van der Waals surface area (Å²) in [6.45, 7) is 2.45. The predicted octanol–water partition coefficient (Wildman–Crippen LogP) is 1.45. The fraction of sp³-hybridized carbons (Fsp3) is 0.500. The van der Waals surface area contributed by atoms with Crippen molar-refractivity contribution in [1.29, 1.82) is 0 Å². The van der Waals surface area contributed by atoms with Crippen molar-refractivity contribution in [2.45, 2.75) is 25.4 Å². The van der Waals surface area contributed by atoms with Gasteiger partial charge in [-0.25, -0.2) is 4.39 Å². The monoisotopic (exact) mass is 266 g/mol. The Morgan fingerprint density at radius 2 is 1.95 bits per heavy atom. The molecule has 1 aromatic carbocycles. The molecule has 0 spiro atoms. The third kappa shape index (κ3) is 3.75. The third-order valence-electron chi connectivity index (χ3n) is 3.74.